The van der Waals surface area contributed by atoms with Crippen LogP contribution < -0.4 is 5.73 Å². The second kappa shape index (κ2) is 3.79. The quantitative estimate of drug-likeness (QED) is 0.694. The van der Waals surface area contributed by atoms with Gasteiger partial charge in [0.2, 0.25) is 5.91 Å². The number of amides is 1. The van der Waals surface area contributed by atoms with E-state index in [9.17, 15) is 4.79 Å². The lowest BCUT2D eigenvalue weighted by atomic mass is 10.1. The fraction of sp³-hybridized carbons (Fsp3) is 0.556. The molecule has 0 spiro atoms. The molecule has 1 aliphatic heterocycles. The summed E-state index contributed by atoms with van der Waals surface area (Å²) >= 11 is 0. The van der Waals surface area contributed by atoms with Crippen LogP contribution in [0.3, 0.4) is 0 Å². The van der Waals surface area contributed by atoms with E-state index in [1.165, 1.54) is 0 Å². The molecule has 1 atom stereocenters. The van der Waals surface area contributed by atoms with Crippen molar-refractivity contribution in [2.45, 2.75) is 13.0 Å². The van der Waals surface area contributed by atoms with Crippen LogP contribution in [0, 0.1) is 5.92 Å². The van der Waals surface area contributed by atoms with Crippen LogP contribution in [-0.4, -0.2) is 33.9 Å². The molecule has 1 fully saturated rings. The minimum atomic E-state index is 0.178. The SMILES string of the molecule is NCC1CC(=O)N(Cc2ncc[nH]2)C1. The summed E-state index contributed by atoms with van der Waals surface area (Å²) in [6.07, 6.45) is 4.03. The molecule has 3 N–H and O–H groups in total. The van der Waals surface area contributed by atoms with E-state index in [1.807, 2.05) is 0 Å². The average molecular weight is 194 g/mol. The molecule has 1 amide bonds. The Kier molecular flexibility index (Phi) is 2.49. The zero-order valence-electron chi connectivity index (χ0n) is 7.94. The first kappa shape index (κ1) is 9.21. The van der Waals surface area contributed by atoms with Crippen LogP contribution in [0.25, 0.3) is 0 Å². The normalized spacial score (nSPS) is 21.9. The third kappa shape index (κ3) is 1.77. The molecular weight excluding hydrogens is 180 g/mol. The lowest BCUT2D eigenvalue weighted by Gasteiger charge is -2.14. The molecule has 2 rings (SSSR count). The fourth-order valence-corrected chi connectivity index (χ4v) is 1.73. The molecule has 1 aliphatic rings. The van der Waals surface area contributed by atoms with Gasteiger partial charge in [0.1, 0.15) is 5.82 Å². The second-order valence-corrected chi connectivity index (χ2v) is 3.62. The Hall–Kier alpha value is -1.36. The number of rotatable bonds is 3. The van der Waals surface area contributed by atoms with Gasteiger partial charge in [-0.15, -0.1) is 0 Å². The van der Waals surface area contributed by atoms with Crippen molar-refractivity contribution in [2.24, 2.45) is 11.7 Å². The summed E-state index contributed by atoms with van der Waals surface area (Å²) in [7, 11) is 0. The number of H-pyrrole nitrogens is 1. The molecule has 1 unspecified atom stereocenters. The van der Waals surface area contributed by atoms with Crippen molar-refractivity contribution in [2.75, 3.05) is 13.1 Å². The molecule has 76 valence electrons. The Morgan fingerprint density at radius 1 is 1.71 bits per heavy atom. The first-order valence-corrected chi connectivity index (χ1v) is 4.75. The van der Waals surface area contributed by atoms with Gasteiger partial charge in [0.15, 0.2) is 0 Å². The highest BCUT2D eigenvalue weighted by atomic mass is 16.2. The van der Waals surface area contributed by atoms with Crippen molar-refractivity contribution in [3.05, 3.63) is 18.2 Å². The number of nitrogens with one attached hydrogen (secondary N) is 1. The van der Waals surface area contributed by atoms with Gasteiger partial charge < -0.3 is 15.6 Å². The molecule has 0 radical (unpaired) electrons. The van der Waals surface area contributed by atoms with Crippen molar-refractivity contribution in [1.82, 2.24) is 14.9 Å². The zero-order chi connectivity index (χ0) is 9.97. The molecule has 14 heavy (non-hydrogen) atoms. The number of nitrogens with zero attached hydrogens (tertiary/aromatic N) is 2. The smallest absolute Gasteiger partial charge is 0.223 e. The van der Waals surface area contributed by atoms with Crippen LogP contribution in [0.1, 0.15) is 12.2 Å². The largest absolute Gasteiger partial charge is 0.347 e. The molecule has 1 aromatic rings. The number of nitrogens with two attached hydrogens (primary N) is 1. The van der Waals surface area contributed by atoms with E-state index in [-0.39, 0.29) is 5.91 Å². The maximum absolute atomic E-state index is 11.5. The molecule has 2 heterocycles. The Labute approximate surface area is 82.3 Å². The number of hydrogen-bond acceptors (Lipinski definition) is 3. The third-order valence-electron chi connectivity index (χ3n) is 2.52. The minimum Gasteiger partial charge on any atom is -0.347 e. The van der Waals surface area contributed by atoms with E-state index in [0.29, 0.717) is 25.4 Å². The fourth-order valence-electron chi connectivity index (χ4n) is 1.73. The van der Waals surface area contributed by atoms with Gasteiger partial charge in [-0.2, -0.15) is 0 Å². The van der Waals surface area contributed by atoms with Gasteiger partial charge in [0.25, 0.3) is 0 Å². The summed E-state index contributed by atoms with van der Waals surface area (Å²) in [5.74, 6) is 1.32. The lowest BCUT2D eigenvalue weighted by Crippen LogP contribution is -2.26. The van der Waals surface area contributed by atoms with E-state index in [0.717, 1.165) is 12.4 Å². The highest BCUT2D eigenvalue weighted by Crippen LogP contribution is 2.17. The van der Waals surface area contributed by atoms with E-state index in [4.69, 9.17) is 5.73 Å². The van der Waals surface area contributed by atoms with Gasteiger partial charge in [0, 0.05) is 25.4 Å². The molecule has 0 saturated carbocycles. The first-order valence-electron chi connectivity index (χ1n) is 4.75. The monoisotopic (exact) mass is 194 g/mol. The van der Waals surface area contributed by atoms with Crippen LogP contribution in [-0.2, 0) is 11.3 Å². The highest BCUT2D eigenvalue weighted by molar-refractivity contribution is 5.78. The van der Waals surface area contributed by atoms with E-state index < -0.39 is 0 Å². The Morgan fingerprint density at radius 2 is 2.57 bits per heavy atom. The Morgan fingerprint density at radius 3 is 3.14 bits per heavy atom. The molecule has 5 heteroatoms. The van der Waals surface area contributed by atoms with Crippen LogP contribution in [0.4, 0.5) is 0 Å². The summed E-state index contributed by atoms with van der Waals surface area (Å²) in [5.41, 5.74) is 5.53. The molecule has 0 bridgehead atoms. The van der Waals surface area contributed by atoms with Gasteiger partial charge in [-0.05, 0) is 12.5 Å². The zero-order valence-corrected chi connectivity index (χ0v) is 7.94. The van der Waals surface area contributed by atoms with Gasteiger partial charge in [-0.3, -0.25) is 4.79 Å². The lowest BCUT2D eigenvalue weighted by molar-refractivity contribution is -0.128. The predicted octanol–water partition coefficient (Wildman–Crippen LogP) is -0.283. The van der Waals surface area contributed by atoms with Gasteiger partial charge in [-0.1, -0.05) is 0 Å². The second-order valence-electron chi connectivity index (χ2n) is 3.62. The first-order chi connectivity index (χ1) is 6.79. The Bertz CT molecular complexity index is 309. The van der Waals surface area contributed by atoms with Crippen LogP contribution in [0.15, 0.2) is 12.4 Å². The van der Waals surface area contributed by atoms with Crippen molar-refractivity contribution >= 4 is 5.91 Å². The maximum Gasteiger partial charge on any atom is 0.223 e. The third-order valence-corrected chi connectivity index (χ3v) is 2.52. The minimum absolute atomic E-state index is 0.178. The van der Waals surface area contributed by atoms with Crippen LogP contribution >= 0.6 is 0 Å². The van der Waals surface area contributed by atoms with Gasteiger partial charge >= 0.3 is 0 Å². The standard InChI is InChI=1S/C9H14N4O/c10-4-7-3-9(14)13(5-7)6-8-11-1-2-12-8/h1-2,7H,3-6,10H2,(H,11,12). The molecule has 5 nitrogen and oxygen atoms in total. The topological polar surface area (TPSA) is 75.0 Å². The van der Waals surface area contributed by atoms with Gasteiger partial charge in [0.05, 0.1) is 6.54 Å². The number of imidazole rings is 1. The van der Waals surface area contributed by atoms with Crippen molar-refractivity contribution in [3.63, 3.8) is 0 Å². The molecule has 1 saturated heterocycles. The number of carbonyl (C=O) groups is 1. The van der Waals surface area contributed by atoms with Gasteiger partial charge in [-0.25, -0.2) is 4.98 Å². The Balaban J connectivity index is 1.96. The van der Waals surface area contributed by atoms with E-state index in [1.54, 1.807) is 17.3 Å². The highest BCUT2D eigenvalue weighted by Gasteiger charge is 2.28. The molecule has 0 aliphatic carbocycles. The van der Waals surface area contributed by atoms with E-state index in [2.05, 4.69) is 9.97 Å². The molecule has 1 aromatic heterocycles. The summed E-state index contributed by atoms with van der Waals surface area (Å²) in [6, 6.07) is 0. The summed E-state index contributed by atoms with van der Waals surface area (Å²) in [5, 5.41) is 0. The number of aromatic nitrogens is 2. The summed E-state index contributed by atoms with van der Waals surface area (Å²) in [4.78, 5) is 20.4. The number of aromatic amines is 1. The number of carbonyl (C=O) groups excluding carboxylic acids is 1. The maximum atomic E-state index is 11.5. The van der Waals surface area contributed by atoms with Crippen molar-refractivity contribution in [3.8, 4) is 0 Å². The number of likely N-dealkylation sites (tertiary alicyclic amines) is 1. The van der Waals surface area contributed by atoms with Crippen molar-refractivity contribution < 1.29 is 4.79 Å². The van der Waals surface area contributed by atoms with Crippen LogP contribution in [0.2, 0.25) is 0 Å². The molecular formula is C9H14N4O. The van der Waals surface area contributed by atoms with Crippen molar-refractivity contribution in [1.29, 1.82) is 0 Å². The van der Waals surface area contributed by atoms with Crippen LogP contribution in [0.5, 0.6) is 0 Å². The molecule has 0 aromatic carbocycles. The summed E-state index contributed by atoms with van der Waals surface area (Å²) in [6.45, 7) is 1.92. The number of hydrogen-bond donors (Lipinski definition) is 2. The summed E-state index contributed by atoms with van der Waals surface area (Å²) < 4.78 is 0. The van der Waals surface area contributed by atoms with E-state index >= 15 is 0 Å². The predicted molar refractivity (Wildman–Crippen MR) is 51.2 cm³/mol. The average Bonchev–Trinajstić information content (AvgIpc) is 2.78.